The standard InChI is InChI=1S/C33H35N7O.C2H6/c1-5-26-20-27(22-40-14-13-36-24(40)4)30-19-23(3)7-12-29(30)32(31(26)35-6-2)38-15-17-39(18-16-38)33(41)37-28-10-8-25(21-34)9-11-28;1-2/h5-14,19-20,32H,1,15-18,22H2,2-4H3,(H,37,41);1-2H3. The number of aryl methyl sites for hydroxylation is 2. The van der Waals surface area contributed by atoms with Crippen molar-refractivity contribution < 1.29 is 4.79 Å². The van der Waals surface area contributed by atoms with Gasteiger partial charge in [-0.25, -0.2) is 9.78 Å². The molecule has 1 aromatic heterocycles. The number of benzene rings is 2. The number of urea groups is 1. The summed E-state index contributed by atoms with van der Waals surface area (Å²) in [7, 11) is 0. The average Bonchev–Trinajstić information content (AvgIpc) is 3.39. The smallest absolute Gasteiger partial charge is 0.321 e. The zero-order valence-corrected chi connectivity index (χ0v) is 25.8. The van der Waals surface area contributed by atoms with Crippen LogP contribution in [0.4, 0.5) is 10.5 Å². The van der Waals surface area contributed by atoms with E-state index in [9.17, 15) is 4.79 Å². The number of allylic oxidation sites excluding steroid dienone is 4. The predicted molar refractivity (Wildman–Crippen MR) is 175 cm³/mol. The Labute approximate surface area is 255 Å². The number of rotatable bonds is 6. The lowest BCUT2D eigenvalue weighted by atomic mass is 9.92. The summed E-state index contributed by atoms with van der Waals surface area (Å²) in [6.45, 7) is 17.5. The van der Waals surface area contributed by atoms with Crippen LogP contribution in [-0.4, -0.2) is 57.8 Å². The molecule has 43 heavy (non-hydrogen) atoms. The van der Waals surface area contributed by atoms with Crippen molar-refractivity contribution >= 4 is 23.5 Å². The SMILES string of the molecule is C=CC1=C(N=CC)C(N2CCN(C(=O)Nc3ccc(C#N)cc3)CC2)c2ccc(C)cc2C(Cn2ccnc2C)=C1.CC. The molecule has 1 N–H and O–H groups in total. The number of imidazole rings is 1. The summed E-state index contributed by atoms with van der Waals surface area (Å²) in [6.07, 6.45) is 9.81. The topological polar surface area (TPSA) is 89.5 Å². The Kier molecular flexibility index (Phi) is 10.5. The first-order valence-corrected chi connectivity index (χ1v) is 14.9. The van der Waals surface area contributed by atoms with E-state index in [1.54, 1.807) is 24.3 Å². The van der Waals surface area contributed by atoms with Gasteiger partial charge in [0.2, 0.25) is 0 Å². The molecule has 1 atom stereocenters. The molecule has 2 amide bonds. The van der Waals surface area contributed by atoms with E-state index in [1.807, 2.05) is 57.3 Å². The minimum absolute atomic E-state index is 0.0869. The number of aromatic nitrogens is 2. The van der Waals surface area contributed by atoms with E-state index in [2.05, 4.69) is 63.6 Å². The lowest BCUT2D eigenvalue weighted by molar-refractivity contribution is 0.124. The fourth-order valence-electron chi connectivity index (χ4n) is 5.55. The van der Waals surface area contributed by atoms with Crippen LogP contribution in [0.2, 0.25) is 0 Å². The Morgan fingerprint density at radius 1 is 1.14 bits per heavy atom. The van der Waals surface area contributed by atoms with Crippen molar-refractivity contribution in [2.45, 2.75) is 47.2 Å². The molecule has 0 bridgehead atoms. The highest BCUT2D eigenvalue weighted by Gasteiger charge is 2.34. The molecule has 8 heteroatoms. The lowest BCUT2D eigenvalue weighted by Crippen LogP contribution is -2.51. The number of amides is 2. The van der Waals surface area contributed by atoms with Crippen molar-refractivity contribution in [3.05, 3.63) is 113 Å². The number of carbonyl (C=O) groups excluding carboxylic acids is 1. The van der Waals surface area contributed by atoms with Crippen LogP contribution in [0.5, 0.6) is 0 Å². The molecule has 1 unspecified atom stereocenters. The van der Waals surface area contributed by atoms with Gasteiger partial charge in [0.15, 0.2) is 0 Å². The third-order valence-corrected chi connectivity index (χ3v) is 7.72. The molecule has 2 aliphatic rings. The zero-order chi connectivity index (χ0) is 30.9. The zero-order valence-electron chi connectivity index (χ0n) is 25.8. The van der Waals surface area contributed by atoms with Crippen LogP contribution in [0.25, 0.3) is 5.57 Å². The van der Waals surface area contributed by atoms with Gasteiger partial charge in [0.05, 0.1) is 23.4 Å². The van der Waals surface area contributed by atoms with Crippen LogP contribution in [0.15, 0.2) is 89.9 Å². The molecule has 5 rings (SSSR count). The number of piperazine rings is 1. The third kappa shape index (κ3) is 7.02. The van der Waals surface area contributed by atoms with Crippen LogP contribution in [0.3, 0.4) is 0 Å². The summed E-state index contributed by atoms with van der Waals surface area (Å²) >= 11 is 0. The number of nitrogens with zero attached hydrogens (tertiary/aromatic N) is 6. The van der Waals surface area contributed by atoms with E-state index >= 15 is 0 Å². The molecule has 222 valence electrons. The highest BCUT2D eigenvalue weighted by molar-refractivity contribution is 5.89. The number of nitriles is 1. The maximum Gasteiger partial charge on any atom is 0.321 e. The van der Waals surface area contributed by atoms with Crippen LogP contribution in [0.1, 0.15) is 54.9 Å². The van der Waals surface area contributed by atoms with Crippen molar-refractivity contribution in [3.8, 4) is 6.07 Å². The van der Waals surface area contributed by atoms with E-state index in [0.29, 0.717) is 44.0 Å². The van der Waals surface area contributed by atoms with Crippen LogP contribution >= 0.6 is 0 Å². The van der Waals surface area contributed by atoms with Crippen molar-refractivity contribution in [2.75, 3.05) is 31.5 Å². The molecule has 8 nitrogen and oxygen atoms in total. The summed E-state index contributed by atoms with van der Waals surface area (Å²) in [5.74, 6) is 0.965. The highest BCUT2D eigenvalue weighted by Crippen LogP contribution is 2.41. The average molecular weight is 576 g/mol. The summed E-state index contributed by atoms with van der Waals surface area (Å²) in [4.78, 5) is 26.7. The molecule has 2 heterocycles. The molecular weight excluding hydrogens is 534 g/mol. The van der Waals surface area contributed by atoms with Gasteiger partial charge in [-0.15, -0.1) is 0 Å². The Morgan fingerprint density at radius 3 is 2.47 bits per heavy atom. The van der Waals surface area contributed by atoms with Gasteiger partial charge in [0.25, 0.3) is 0 Å². The molecule has 1 aliphatic carbocycles. The van der Waals surface area contributed by atoms with Gasteiger partial charge in [-0.3, -0.25) is 9.89 Å². The Hall–Kier alpha value is -4.74. The molecule has 3 aromatic rings. The number of fused-ring (bicyclic) bond motifs is 1. The molecule has 1 fully saturated rings. The first kappa shape index (κ1) is 31.2. The molecule has 0 radical (unpaired) electrons. The second kappa shape index (κ2) is 14.4. The summed E-state index contributed by atoms with van der Waals surface area (Å²) in [5, 5.41) is 12.0. The summed E-state index contributed by atoms with van der Waals surface area (Å²) in [5.41, 5.74) is 7.97. The van der Waals surface area contributed by atoms with Gasteiger partial charge < -0.3 is 14.8 Å². The lowest BCUT2D eigenvalue weighted by Gasteiger charge is -2.40. The van der Waals surface area contributed by atoms with Crippen LogP contribution in [0, 0.1) is 25.2 Å². The van der Waals surface area contributed by atoms with Gasteiger partial charge in [0.1, 0.15) is 5.82 Å². The molecule has 1 saturated heterocycles. The second-order valence-electron chi connectivity index (χ2n) is 10.3. The van der Waals surface area contributed by atoms with E-state index in [4.69, 9.17) is 10.3 Å². The minimum atomic E-state index is -0.139. The number of anilines is 1. The number of hydrogen-bond acceptors (Lipinski definition) is 5. The quantitative estimate of drug-likeness (QED) is 0.323. The number of nitrogens with one attached hydrogen (secondary N) is 1. The molecule has 0 spiro atoms. The van der Waals surface area contributed by atoms with Crippen LogP contribution in [-0.2, 0) is 6.54 Å². The summed E-state index contributed by atoms with van der Waals surface area (Å²) in [6, 6.07) is 15.4. The Balaban J connectivity index is 0.00000207. The summed E-state index contributed by atoms with van der Waals surface area (Å²) < 4.78 is 2.16. The first-order valence-electron chi connectivity index (χ1n) is 14.9. The second-order valence-corrected chi connectivity index (χ2v) is 10.3. The van der Waals surface area contributed by atoms with E-state index < -0.39 is 0 Å². The third-order valence-electron chi connectivity index (χ3n) is 7.72. The van der Waals surface area contributed by atoms with Crippen molar-refractivity contribution in [2.24, 2.45) is 4.99 Å². The van der Waals surface area contributed by atoms with Crippen LogP contribution < -0.4 is 5.32 Å². The molecular formula is C35H41N7O. The van der Waals surface area contributed by atoms with Crippen molar-refractivity contribution in [1.82, 2.24) is 19.4 Å². The van der Waals surface area contributed by atoms with Gasteiger partial charge in [-0.2, -0.15) is 5.26 Å². The van der Waals surface area contributed by atoms with Crippen molar-refractivity contribution in [3.63, 3.8) is 0 Å². The highest BCUT2D eigenvalue weighted by atomic mass is 16.2. The number of carbonyl (C=O) groups is 1. The minimum Gasteiger partial charge on any atom is -0.331 e. The van der Waals surface area contributed by atoms with E-state index in [-0.39, 0.29) is 12.1 Å². The molecule has 2 aromatic carbocycles. The number of aliphatic imine (C=N–C) groups is 1. The van der Waals surface area contributed by atoms with Gasteiger partial charge in [-0.05, 0) is 73.4 Å². The predicted octanol–water partition coefficient (Wildman–Crippen LogP) is 6.92. The van der Waals surface area contributed by atoms with E-state index in [0.717, 1.165) is 17.1 Å². The maximum absolute atomic E-state index is 13.1. The number of hydrogen-bond donors (Lipinski definition) is 1. The first-order chi connectivity index (χ1) is 20.9. The molecule has 1 aliphatic heterocycles. The largest absolute Gasteiger partial charge is 0.331 e. The fraction of sp³-hybridized carbons (Fsp3) is 0.314. The normalized spacial score (nSPS) is 16.9. The molecule has 0 saturated carbocycles. The monoisotopic (exact) mass is 575 g/mol. The Bertz CT molecular complexity index is 1580. The Morgan fingerprint density at radius 2 is 1.86 bits per heavy atom. The van der Waals surface area contributed by atoms with Crippen molar-refractivity contribution in [1.29, 1.82) is 5.26 Å². The van der Waals surface area contributed by atoms with Gasteiger partial charge in [-0.1, -0.05) is 50.3 Å². The fourth-order valence-corrected chi connectivity index (χ4v) is 5.55. The van der Waals surface area contributed by atoms with E-state index in [1.165, 1.54) is 22.3 Å². The van der Waals surface area contributed by atoms with Gasteiger partial charge >= 0.3 is 6.03 Å². The maximum atomic E-state index is 13.1. The van der Waals surface area contributed by atoms with Gasteiger partial charge in [0, 0.05) is 57.0 Å².